The van der Waals surface area contributed by atoms with Gasteiger partial charge in [-0.1, -0.05) is 12.1 Å². The van der Waals surface area contributed by atoms with Crippen molar-refractivity contribution < 1.29 is 22.5 Å². The summed E-state index contributed by atoms with van der Waals surface area (Å²) in [4.78, 5) is 12.7. The minimum absolute atomic E-state index is 0.106. The van der Waals surface area contributed by atoms with Gasteiger partial charge in [-0.2, -0.15) is 0 Å². The van der Waals surface area contributed by atoms with Crippen molar-refractivity contribution in [2.75, 3.05) is 7.11 Å². The second-order valence-corrected chi connectivity index (χ2v) is 7.20. The van der Waals surface area contributed by atoms with Gasteiger partial charge >= 0.3 is 0 Å². The van der Waals surface area contributed by atoms with E-state index in [4.69, 9.17) is 9.15 Å². The SMILES string of the molecule is COc1cccc(CNC(=O)c2ccc(C[S@](=O)c3ccc(F)cc3)o2)c1. The predicted molar refractivity (Wildman–Crippen MR) is 99.4 cm³/mol. The summed E-state index contributed by atoms with van der Waals surface area (Å²) in [6.07, 6.45) is 0. The van der Waals surface area contributed by atoms with E-state index in [1.165, 1.54) is 30.3 Å². The number of ether oxygens (including phenoxy) is 1. The average Bonchev–Trinajstić information content (AvgIpc) is 3.15. The molecule has 0 saturated heterocycles. The molecular formula is C20H18FNO4S. The Balaban J connectivity index is 1.58. The van der Waals surface area contributed by atoms with Crippen LogP contribution in [0.5, 0.6) is 5.75 Å². The van der Waals surface area contributed by atoms with E-state index in [1.807, 2.05) is 24.3 Å². The van der Waals surface area contributed by atoms with Crippen LogP contribution in [0.4, 0.5) is 4.39 Å². The molecule has 0 spiro atoms. The van der Waals surface area contributed by atoms with Crippen LogP contribution in [-0.4, -0.2) is 17.2 Å². The summed E-state index contributed by atoms with van der Waals surface area (Å²) in [6, 6.07) is 16.0. The summed E-state index contributed by atoms with van der Waals surface area (Å²) >= 11 is 0. The van der Waals surface area contributed by atoms with Crippen molar-refractivity contribution in [2.24, 2.45) is 0 Å². The van der Waals surface area contributed by atoms with Gasteiger partial charge in [-0.05, 0) is 54.1 Å². The Bertz CT molecular complexity index is 953. The monoisotopic (exact) mass is 387 g/mol. The van der Waals surface area contributed by atoms with E-state index in [-0.39, 0.29) is 23.2 Å². The lowest BCUT2D eigenvalue weighted by Crippen LogP contribution is -2.22. The molecule has 5 nitrogen and oxygen atoms in total. The molecule has 0 aliphatic rings. The van der Waals surface area contributed by atoms with Crippen molar-refractivity contribution in [3.05, 3.63) is 83.6 Å². The Kier molecular flexibility index (Phi) is 6.03. The van der Waals surface area contributed by atoms with Gasteiger partial charge in [0, 0.05) is 11.4 Å². The molecule has 0 bridgehead atoms. The molecule has 1 N–H and O–H groups in total. The highest BCUT2D eigenvalue weighted by molar-refractivity contribution is 7.84. The van der Waals surface area contributed by atoms with Crippen molar-refractivity contribution in [2.45, 2.75) is 17.2 Å². The topological polar surface area (TPSA) is 68.5 Å². The third kappa shape index (κ3) is 5.04. The Morgan fingerprint density at radius 2 is 1.93 bits per heavy atom. The van der Waals surface area contributed by atoms with E-state index in [9.17, 15) is 13.4 Å². The number of rotatable bonds is 7. The molecule has 27 heavy (non-hydrogen) atoms. The molecule has 1 atom stereocenters. The molecule has 3 aromatic rings. The summed E-state index contributed by atoms with van der Waals surface area (Å²) in [6.45, 7) is 0.327. The van der Waals surface area contributed by atoms with E-state index in [1.54, 1.807) is 13.2 Å². The van der Waals surface area contributed by atoms with Crippen LogP contribution in [0.2, 0.25) is 0 Å². The highest BCUT2D eigenvalue weighted by atomic mass is 32.2. The van der Waals surface area contributed by atoms with Crippen molar-refractivity contribution in [3.8, 4) is 5.75 Å². The maximum absolute atomic E-state index is 12.9. The number of hydrogen-bond acceptors (Lipinski definition) is 4. The number of hydrogen-bond donors (Lipinski definition) is 1. The lowest BCUT2D eigenvalue weighted by molar-refractivity contribution is 0.0921. The largest absolute Gasteiger partial charge is 0.497 e. The number of amides is 1. The van der Waals surface area contributed by atoms with Crippen LogP contribution in [0.15, 0.2) is 70.0 Å². The second kappa shape index (κ2) is 8.64. The molecule has 1 heterocycles. The maximum atomic E-state index is 12.9. The summed E-state index contributed by atoms with van der Waals surface area (Å²) in [5.41, 5.74) is 0.895. The predicted octanol–water partition coefficient (Wildman–Crippen LogP) is 3.67. The zero-order valence-corrected chi connectivity index (χ0v) is 15.4. The first-order valence-electron chi connectivity index (χ1n) is 8.19. The van der Waals surface area contributed by atoms with Crippen molar-refractivity contribution in [3.63, 3.8) is 0 Å². The molecule has 0 aliphatic heterocycles. The summed E-state index contributed by atoms with van der Waals surface area (Å²) in [5, 5.41) is 2.77. The van der Waals surface area contributed by atoms with E-state index >= 15 is 0 Å². The first-order valence-corrected chi connectivity index (χ1v) is 9.51. The zero-order valence-electron chi connectivity index (χ0n) is 14.6. The molecule has 140 valence electrons. The third-order valence-electron chi connectivity index (χ3n) is 3.82. The number of halogens is 1. The Labute approximate surface area is 158 Å². The maximum Gasteiger partial charge on any atom is 0.287 e. The van der Waals surface area contributed by atoms with Crippen LogP contribution >= 0.6 is 0 Å². The van der Waals surface area contributed by atoms with E-state index in [2.05, 4.69) is 5.32 Å². The van der Waals surface area contributed by atoms with Gasteiger partial charge < -0.3 is 14.5 Å². The van der Waals surface area contributed by atoms with Crippen LogP contribution in [-0.2, 0) is 23.1 Å². The van der Waals surface area contributed by atoms with Crippen LogP contribution in [0.1, 0.15) is 21.9 Å². The molecule has 0 unspecified atom stereocenters. The summed E-state index contributed by atoms with van der Waals surface area (Å²) < 4.78 is 35.9. The Morgan fingerprint density at radius 3 is 2.67 bits per heavy atom. The Hall–Kier alpha value is -2.93. The number of furan rings is 1. The average molecular weight is 387 g/mol. The van der Waals surface area contributed by atoms with E-state index < -0.39 is 10.8 Å². The fourth-order valence-electron chi connectivity index (χ4n) is 2.43. The second-order valence-electron chi connectivity index (χ2n) is 5.74. The minimum Gasteiger partial charge on any atom is -0.497 e. The minimum atomic E-state index is -1.39. The van der Waals surface area contributed by atoms with E-state index in [0.29, 0.717) is 22.9 Å². The lowest BCUT2D eigenvalue weighted by Gasteiger charge is -2.05. The highest BCUT2D eigenvalue weighted by Crippen LogP contribution is 2.16. The number of carbonyl (C=O) groups is 1. The van der Waals surface area contributed by atoms with Crippen LogP contribution in [0.3, 0.4) is 0 Å². The number of methoxy groups -OCH3 is 1. The van der Waals surface area contributed by atoms with Gasteiger partial charge in [-0.25, -0.2) is 4.39 Å². The quantitative estimate of drug-likeness (QED) is 0.672. The molecule has 2 aromatic carbocycles. The number of carbonyl (C=O) groups excluding carboxylic acids is 1. The van der Waals surface area contributed by atoms with Crippen molar-refractivity contribution in [1.82, 2.24) is 5.32 Å². The van der Waals surface area contributed by atoms with Gasteiger partial charge in [-0.15, -0.1) is 0 Å². The zero-order chi connectivity index (χ0) is 19.2. The van der Waals surface area contributed by atoms with E-state index in [0.717, 1.165) is 5.56 Å². The first kappa shape index (κ1) is 18.8. The fourth-order valence-corrected chi connectivity index (χ4v) is 3.45. The number of nitrogens with one attached hydrogen (secondary N) is 1. The van der Waals surface area contributed by atoms with Crippen LogP contribution in [0.25, 0.3) is 0 Å². The van der Waals surface area contributed by atoms with Gasteiger partial charge in [0.15, 0.2) is 5.76 Å². The van der Waals surface area contributed by atoms with Gasteiger partial charge in [-0.3, -0.25) is 9.00 Å². The summed E-state index contributed by atoms with van der Waals surface area (Å²) in [7, 11) is 0.196. The molecular weight excluding hydrogens is 369 g/mol. The van der Waals surface area contributed by atoms with Gasteiger partial charge in [0.2, 0.25) is 0 Å². The molecule has 0 radical (unpaired) electrons. The standard InChI is InChI=1S/C20H18FNO4S/c1-25-16-4-2-3-14(11-16)12-22-20(23)19-10-7-17(26-19)13-27(24)18-8-5-15(21)6-9-18/h2-11H,12-13H2,1H3,(H,22,23)/t27-/m0/s1. The fraction of sp³-hybridized carbons (Fsp3) is 0.150. The molecule has 1 aromatic heterocycles. The Morgan fingerprint density at radius 1 is 1.15 bits per heavy atom. The van der Waals surface area contributed by atoms with Gasteiger partial charge in [0.1, 0.15) is 17.3 Å². The highest BCUT2D eigenvalue weighted by Gasteiger charge is 2.14. The smallest absolute Gasteiger partial charge is 0.287 e. The van der Waals surface area contributed by atoms with Gasteiger partial charge in [0.05, 0.1) is 23.7 Å². The normalized spacial score (nSPS) is 11.8. The molecule has 7 heteroatoms. The molecule has 1 amide bonds. The summed E-state index contributed by atoms with van der Waals surface area (Å²) in [5.74, 6) is 0.633. The molecule has 0 fully saturated rings. The van der Waals surface area contributed by atoms with Crippen LogP contribution < -0.4 is 10.1 Å². The molecule has 0 aliphatic carbocycles. The van der Waals surface area contributed by atoms with Gasteiger partial charge in [0.25, 0.3) is 5.91 Å². The molecule has 0 saturated carbocycles. The van der Waals surface area contributed by atoms with Crippen molar-refractivity contribution in [1.29, 1.82) is 0 Å². The number of benzene rings is 2. The van der Waals surface area contributed by atoms with Crippen LogP contribution in [0, 0.1) is 5.82 Å². The third-order valence-corrected chi connectivity index (χ3v) is 5.17. The molecule has 3 rings (SSSR count). The first-order chi connectivity index (χ1) is 13.0. The van der Waals surface area contributed by atoms with Crippen molar-refractivity contribution >= 4 is 16.7 Å². The lowest BCUT2D eigenvalue weighted by atomic mass is 10.2.